The number of esters is 1. The van der Waals surface area contributed by atoms with E-state index in [2.05, 4.69) is 4.98 Å². The highest BCUT2D eigenvalue weighted by atomic mass is 35.5. The van der Waals surface area contributed by atoms with Gasteiger partial charge in [-0.15, -0.1) is 0 Å². The number of carbonyl (C=O) groups is 2. The lowest BCUT2D eigenvalue weighted by molar-refractivity contribution is -0.144. The molecule has 0 aliphatic heterocycles. The van der Waals surface area contributed by atoms with Crippen molar-refractivity contribution < 1.29 is 14.3 Å². The first-order valence-electron chi connectivity index (χ1n) is 6.04. The zero-order valence-corrected chi connectivity index (χ0v) is 12.0. The van der Waals surface area contributed by atoms with E-state index in [0.717, 1.165) is 0 Å². The first-order chi connectivity index (χ1) is 8.95. The Bertz CT molecular complexity index is 463. The van der Waals surface area contributed by atoms with Crippen LogP contribution in [0.3, 0.4) is 0 Å². The minimum atomic E-state index is -0.438. The molecule has 0 aliphatic rings. The Labute approximate surface area is 117 Å². The number of amides is 1. The summed E-state index contributed by atoms with van der Waals surface area (Å²) in [5.41, 5.74) is 0.213. The number of hydrogen-bond donors (Lipinski definition) is 0. The molecule has 0 radical (unpaired) electrons. The molecule has 0 aromatic carbocycles. The molecule has 5 nitrogen and oxygen atoms in total. The van der Waals surface area contributed by atoms with Crippen molar-refractivity contribution in [1.29, 1.82) is 0 Å². The largest absolute Gasteiger partial charge is 0.465 e. The number of rotatable bonds is 5. The number of nitrogens with zero attached hydrogens (tertiary/aromatic N) is 2. The van der Waals surface area contributed by atoms with Crippen molar-refractivity contribution in [2.24, 2.45) is 0 Å². The van der Waals surface area contributed by atoms with Crippen molar-refractivity contribution in [2.45, 2.75) is 26.8 Å². The molecule has 1 heterocycles. The van der Waals surface area contributed by atoms with Gasteiger partial charge in [-0.05, 0) is 32.9 Å². The van der Waals surface area contributed by atoms with Gasteiger partial charge in [0.15, 0.2) is 0 Å². The number of ether oxygens (including phenoxy) is 1. The van der Waals surface area contributed by atoms with E-state index in [0.29, 0.717) is 0 Å². The third-order valence-electron chi connectivity index (χ3n) is 2.42. The van der Waals surface area contributed by atoms with E-state index in [1.807, 2.05) is 13.8 Å². The number of aromatic nitrogens is 1. The molecule has 0 saturated carbocycles. The highest BCUT2D eigenvalue weighted by Gasteiger charge is 2.23. The van der Waals surface area contributed by atoms with E-state index in [1.165, 1.54) is 4.90 Å². The van der Waals surface area contributed by atoms with Crippen LogP contribution in [0.1, 0.15) is 31.3 Å². The SMILES string of the molecule is CCOC(=O)CN(C(=O)c1cccc(Cl)n1)C(C)C. The number of halogens is 1. The van der Waals surface area contributed by atoms with E-state index < -0.39 is 5.97 Å². The molecule has 0 saturated heterocycles. The Morgan fingerprint density at radius 1 is 1.42 bits per heavy atom. The van der Waals surface area contributed by atoms with Crippen LogP contribution in [0.4, 0.5) is 0 Å². The topological polar surface area (TPSA) is 59.5 Å². The van der Waals surface area contributed by atoms with Gasteiger partial charge in [0.05, 0.1) is 6.61 Å². The first kappa shape index (κ1) is 15.4. The standard InChI is InChI=1S/C13H17ClN2O3/c1-4-19-12(17)8-16(9(2)3)13(18)10-6-5-7-11(14)15-10/h5-7,9H,4,8H2,1-3H3. The van der Waals surface area contributed by atoms with Gasteiger partial charge in [-0.2, -0.15) is 0 Å². The second-order valence-electron chi connectivity index (χ2n) is 4.18. The van der Waals surface area contributed by atoms with E-state index in [4.69, 9.17) is 16.3 Å². The molecular formula is C13H17ClN2O3. The Balaban J connectivity index is 2.87. The van der Waals surface area contributed by atoms with Crippen LogP contribution in [0.25, 0.3) is 0 Å². The maximum atomic E-state index is 12.3. The molecule has 6 heteroatoms. The van der Waals surface area contributed by atoms with Crippen molar-refractivity contribution in [3.63, 3.8) is 0 Å². The molecule has 104 valence electrons. The quantitative estimate of drug-likeness (QED) is 0.614. The zero-order chi connectivity index (χ0) is 14.4. The first-order valence-corrected chi connectivity index (χ1v) is 6.42. The van der Waals surface area contributed by atoms with Crippen LogP contribution in [-0.4, -0.2) is 41.0 Å². The van der Waals surface area contributed by atoms with Crippen LogP contribution < -0.4 is 0 Å². The average molecular weight is 285 g/mol. The minimum absolute atomic E-state index is 0.0987. The van der Waals surface area contributed by atoms with Gasteiger partial charge in [-0.3, -0.25) is 9.59 Å². The predicted molar refractivity (Wildman–Crippen MR) is 72.1 cm³/mol. The molecule has 1 aromatic rings. The summed E-state index contributed by atoms with van der Waals surface area (Å²) in [6.07, 6.45) is 0. The molecule has 1 amide bonds. The summed E-state index contributed by atoms with van der Waals surface area (Å²) in [7, 11) is 0. The Morgan fingerprint density at radius 2 is 2.11 bits per heavy atom. The predicted octanol–water partition coefficient (Wildman–Crippen LogP) is 2.15. The summed E-state index contributed by atoms with van der Waals surface area (Å²) < 4.78 is 4.85. The second-order valence-corrected chi connectivity index (χ2v) is 4.56. The Morgan fingerprint density at radius 3 is 2.63 bits per heavy atom. The van der Waals surface area contributed by atoms with Gasteiger partial charge in [0.1, 0.15) is 17.4 Å². The lowest BCUT2D eigenvalue weighted by Crippen LogP contribution is -2.41. The van der Waals surface area contributed by atoms with Gasteiger partial charge in [0.2, 0.25) is 0 Å². The van der Waals surface area contributed by atoms with Crippen LogP contribution in [-0.2, 0) is 9.53 Å². The number of hydrogen-bond acceptors (Lipinski definition) is 4. The van der Waals surface area contributed by atoms with Crippen molar-refractivity contribution >= 4 is 23.5 Å². The summed E-state index contributed by atoms with van der Waals surface area (Å²) in [5, 5.41) is 0.241. The molecule has 0 unspecified atom stereocenters. The molecular weight excluding hydrogens is 268 g/mol. The van der Waals surface area contributed by atoms with Crippen LogP contribution >= 0.6 is 11.6 Å². The van der Waals surface area contributed by atoms with Gasteiger partial charge in [0, 0.05) is 6.04 Å². The molecule has 0 aliphatic carbocycles. The molecule has 1 rings (SSSR count). The summed E-state index contributed by atoms with van der Waals surface area (Å²) in [4.78, 5) is 29.1. The van der Waals surface area contributed by atoms with Crippen molar-refractivity contribution in [2.75, 3.05) is 13.2 Å². The van der Waals surface area contributed by atoms with Gasteiger partial charge in [-0.1, -0.05) is 17.7 Å². The monoisotopic (exact) mass is 284 g/mol. The fraction of sp³-hybridized carbons (Fsp3) is 0.462. The maximum absolute atomic E-state index is 12.3. The molecule has 0 spiro atoms. The lowest BCUT2D eigenvalue weighted by atomic mass is 10.2. The van der Waals surface area contributed by atoms with E-state index in [-0.39, 0.29) is 35.9 Å². The van der Waals surface area contributed by atoms with Crippen LogP contribution in [0, 0.1) is 0 Å². The van der Waals surface area contributed by atoms with E-state index >= 15 is 0 Å². The van der Waals surface area contributed by atoms with Crippen LogP contribution in [0.5, 0.6) is 0 Å². The average Bonchev–Trinajstić information content (AvgIpc) is 2.35. The smallest absolute Gasteiger partial charge is 0.325 e. The van der Waals surface area contributed by atoms with Gasteiger partial charge in [0.25, 0.3) is 5.91 Å². The molecule has 19 heavy (non-hydrogen) atoms. The highest BCUT2D eigenvalue weighted by Crippen LogP contribution is 2.10. The zero-order valence-electron chi connectivity index (χ0n) is 11.2. The van der Waals surface area contributed by atoms with Crippen molar-refractivity contribution in [1.82, 2.24) is 9.88 Å². The minimum Gasteiger partial charge on any atom is -0.465 e. The Kier molecular flexibility index (Phi) is 5.76. The Hall–Kier alpha value is -1.62. The van der Waals surface area contributed by atoms with E-state index in [9.17, 15) is 9.59 Å². The van der Waals surface area contributed by atoms with Crippen LogP contribution in [0.15, 0.2) is 18.2 Å². The fourth-order valence-electron chi connectivity index (χ4n) is 1.51. The summed E-state index contributed by atoms with van der Waals surface area (Å²) in [5.74, 6) is -0.780. The summed E-state index contributed by atoms with van der Waals surface area (Å²) in [6, 6.07) is 4.65. The molecule has 0 N–H and O–H groups in total. The highest BCUT2D eigenvalue weighted by molar-refractivity contribution is 6.29. The fourth-order valence-corrected chi connectivity index (χ4v) is 1.67. The summed E-state index contributed by atoms with van der Waals surface area (Å²) in [6.45, 7) is 5.55. The van der Waals surface area contributed by atoms with Crippen molar-refractivity contribution in [3.8, 4) is 0 Å². The second kappa shape index (κ2) is 7.09. The molecule has 1 aromatic heterocycles. The third-order valence-corrected chi connectivity index (χ3v) is 2.63. The van der Waals surface area contributed by atoms with Gasteiger partial charge >= 0.3 is 5.97 Å². The molecule has 0 atom stereocenters. The van der Waals surface area contributed by atoms with Gasteiger partial charge in [-0.25, -0.2) is 4.98 Å². The maximum Gasteiger partial charge on any atom is 0.325 e. The normalized spacial score (nSPS) is 10.4. The third kappa shape index (κ3) is 4.52. The lowest BCUT2D eigenvalue weighted by Gasteiger charge is -2.25. The number of pyridine rings is 1. The molecule has 0 bridgehead atoms. The van der Waals surface area contributed by atoms with Crippen LogP contribution in [0.2, 0.25) is 5.15 Å². The summed E-state index contributed by atoms with van der Waals surface area (Å²) >= 11 is 5.76. The molecule has 0 fully saturated rings. The van der Waals surface area contributed by atoms with E-state index in [1.54, 1.807) is 25.1 Å². The van der Waals surface area contributed by atoms with Crippen molar-refractivity contribution in [3.05, 3.63) is 29.0 Å². The number of carbonyl (C=O) groups excluding carboxylic acids is 2. The van der Waals surface area contributed by atoms with Gasteiger partial charge < -0.3 is 9.64 Å².